The van der Waals surface area contributed by atoms with Crippen molar-refractivity contribution in [2.45, 2.75) is 6.10 Å². The molecule has 2 unspecified atom stereocenters. The lowest BCUT2D eigenvalue weighted by molar-refractivity contribution is 0.274. The van der Waals surface area contributed by atoms with Crippen molar-refractivity contribution in [3.8, 4) is 0 Å². The highest BCUT2D eigenvalue weighted by atomic mass is 31.1. The van der Waals surface area contributed by atoms with Crippen molar-refractivity contribution in [1.82, 2.24) is 0 Å². The molecule has 0 heterocycles. The van der Waals surface area contributed by atoms with Gasteiger partial charge in [-0.25, -0.2) is 0 Å². The van der Waals surface area contributed by atoms with Crippen molar-refractivity contribution in [2.24, 2.45) is 0 Å². The van der Waals surface area contributed by atoms with Gasteiger partial charge >= 0.3 is 8.03 Å². The quantitative estimate of drug-likeness (QED) is 0.735. The fourth-order valence-corrected chi connectivity index (χ4v) is 2.83. The molecule has 2 aromatic carbocycles. The maximum atomic E-state index is 11.2. The summed E-state index contributed by atoms with van der Waals surface area (Å²) in [4.78, 5) is 0. The standard InChI is InChI=1S/C14H12O2P/c1-17(15)16-13-9-8-11-5-2-4-10-6-3-7-12(13)14(10)11/h2-9,13H,1H3/q+1. The Hall–Kier alpha value is -1.50. The SMILES string of the molecule is C[P+](=O)OC1C=Cc2cccc3cccc1c23. The first-order valence-corrected chi connectivity index (χ1v) is 7.15. The van der Waals surface area contributed by atoms with Gasteiger partial charge in [0.2, 0.25) is 0 Å². The van der Waals surface area contributed by atoms with E-state index < -0.39 is 8.03 Å². The zero-order chi connectivity index (χ0) is 11.8. The largest absolute Gasteiger partial charge is 0.505 e. The summed E-state index contributed by atoms with van der Waals surface area (Å²) in [6, 6.07) is 12.4. The van der Waals surface area contributed by atoms with Gasteiger partial charge in [-0.2, -0.15) is 0 Å². The van der Waals surface area contributed by atoms with Crippen LogP contribution in [-0.2, 0) is 9.09 Å². The van der Waals surface area contributed by atoms with Gasteiger partial charge in [-0.1, -0.05) is 42.5 Å². The smallest absolute Gasteiger partial charge is 0.134 e. The molecule has 1 aliphatic rings. The molecule has 0 spiro atoms. The summed E-state index contributed by atoms with van der Waals surface area (Å²) < 4.78 is 16.7. The molecule has 0 saturated carbocycles. The molecule has 17 heavy (non-hydrogen) atoms. The lowest BCUT2D eigenvalue weighted by atomic mass is 9.92. The first-order valence-electron chi connectivity index (χ1n) is 5.53. The minimum absolute atomic E-state index is 0.192. The number of hydrogen-bond donors (Lipinski definition) is 0. The summed E-state index contributed by atoms with van der Waals surface area (Å²) in [5.74, 6) is 0. The van der Waals surface area contributed by atoms with Gasteiger partial charge in [-0.15, -0.1) is 4.52 Å². The van der Waals surface area contributed by atoms with Gasteiger partial charge in [0.25, 0.3) is 0 Å². The summed E-state index contributed by atoms with van der Waals surface area (Å²) in [7, 11) is -1.60. The van der Waals surface area contributed by atoms with Crippen molar-refractivity contribution in [2.75, 3.05) is 6.66 Å². The molecule has 2 atom stereocenters. The Labute approximate surface area is 101 Å². The van der Waals surface area contributed by atoms with Gasteiger partial charge in [0.15, 0.2) is 12.8 Å². The van der Waals surface area contributed by atoms with Gasteiger partial charge in [0.1, 0.15) is 0 Å². The van der Waals surface area contributed by atoms with Crippen LogP contribution in [0.1, 0.15) is 17.2 Å². The molecule has 0 bridgehead atoms. The van der Waals surface area contributed by atoms with E-state index in [1.54, 1.807) is 6.66 Å². The van der Waals surface area contributed by atoms with Crippen LogP contribution in [0.5, 0.6) is 0 Å². The van der Waals surface area contributed by atoms with Crippen LogP contribution < -0.4 is 0 Å². The molecule has 0 fully saturated rings. The summed E-state index contributed by atoms with van der Waals surface area (Å²) in [5, 5.41) is 2.41. The third kappa shape index (κ3) is 1.80. The van der Waals surface area contributed by atoms with Gasteiger partial charge in [0, 0.05) is 0 Å². The molecular weight excluding hydrogens is 231 g/mol. The Morgan fingerprint density at radius 2 is 1.94 bits per heavy atom. The second-order valence-electron chi connectivity index (χ2n) is 4.12. The minimum atomic E-state index is -1.60. The van der Waals surface area contributed by atoms with Crippen molar-refractivity contribution in [1.29, 1.82) is 0 Å². The Balaban J connectivity index is 2.23. The highest BCUT2D eigenvalue weighted by Crippen LogP contribution is 2.39. The van der Waals surface area contributed by atoms with Gasteiger partial charge in [-0.3, -0.25) is 0 Å². The zero-order valence-electron chi connectivity index (χ0n) is 9.46. The normalized spacial score (nSPS) is 18.4. The third-order valence-corrected chi connectivity index (χ3v) is 3.51. The van der Waals surface area contributed by atoms with Crippen LogP contribution in [0, 0.1) is 0 Å². The third-order valence-electron chi connectivity index (χ3n) is 2.99. The van der Waals surface area contributed by atoms with Crippen LogP contribution >= 0.6 is 8.03 Å². The van der Waals surface area contributed by atoms with E-state index in [1.165, 1.54) is 16.3 Å². The van der Waals surface area contributed by atoms with E-state index in [4.69, 9.17) is 4.52 Å². The molecule has 0 N–H and O–H groups in total. The Bertz CT molecular complexity index is 626. The molecule has 3 rings (SSSR count). The molecule has 1 aliphatic carbocycles. The second kappa shape index (κ2) is 4.06. The fourth-order valence-electron chi connectivity index (χ4n) is 2.32. The first-order chi connectivity index (χ1) is 8.25. The molecule has 3 heteroatoms. The maximum Gasteiger partial charge on any atom is 0.505 e. The highest BCUT2D eigenvalue weighted by Gasteiger charge is 2.24. The molecular formula is C14H12O2P+. The maximum absolute atomic E-state index is 11.2. The van der Waals surface area contributed by atoms with Crippen LogP contribution in [0.4, 0.5) is 0 Å². The molecule has 0 amide bonds. The average Bonchev–Trinajstić information content (AvgIpc) is 2.33. The van der Waals surface area contributed by atoms with Crippen LogP contribution in [0.2, 0.25) is 0 Å². The first kappa shape index (κ1) is 10.6. The van der Waals surface area contributed by atoms with Gasteiger partial charge < -0.3 is 0 Å². The molecule has 0 radical (unpaired) electrons. The second-order valence-corrected chi connectivity index (χ2v) is 5.21. The lowest BCUT2D eigenvalue weighted by Crippen LogP contribution is -2.02. The predicted molar refractivity (Wildman–Crippen MR) is 70.3 cm³/mol. The number of benzene rings is 2. The summed E-state index contributed by atoms with van der Waals surface area (Å²) in [6.45, 7) is 1.59. The Morgan fingerprint density at radius 3 is 2.71 bits per heavy atom. The monoisotopic (exact) mass is 243 g/mol. The Kier molecular flexibility index (Phi) is 2.54. The molecule has 0 aliphatic heterocycles. The van der Waals surface area contributed by atoms with Crippen LogP contribution in [0.25, 0.3) is 16.8 Å². The van der Waals surface area contributed by atoms with E-state index >= 15 is 0 Å². The topological polar surface area (TPSA) is 26.3 Å². The van der Waals surface area contributed by atoms with Gasteiger partial charge in [-0.05, 0) is 32.5 Å². The van der Waals surface area contributed by atoms with Crippen molar-refractivity contribution < 1.29 is 9.09 Å². The van der Waals surface area contributed by atoms with Crippen molar-refractivity contribution in [3.05, 3.63) is 53.6 Å². The summed E-state index contributed by atoms with van der Waals surface area (Å²) in [5.41, 5.74) is 2.30. The van der Waals surface area contributed by atoms with E-state index in [9.17, 15) is 4.57 Å². The minimum Gasteiger partial charge on any atom is -0.134 e. The fraction of sp³-hybridized carbons (Fsp3) is 0.143. The van der Waals surface area contributed by atoms with Crippen LogP contribution in [-0.4, -0.2) is 6.66 Å². The predicted octanol–water partition coefficient (Wildman–Crippen LogP) is 4.30. The number of rotatable bonds is 2. The average molecular weight is 243 g/mol. The molecule has 0 saturated heterocycles. The van der Waals surface area contributed by atoms with Crippen LogP contribution in [0.15, 0.2) is 42.5 Å². The Morgan fingerprint density at radius 1 is 1.18 bits per heavy atom. The van der Waals surface area contributed by atoms with Gasteiger partial charge in [0.05, 0.1) is 0 Å². The molecule has 84 valence electrons. The van der Waals surface area contributed by atoms with Crippen molar-refractivity contribution >= 4 is 24.9 Å². The van der Waals surface area contributed by atoms with E-state index in [-0.39, 0.29) is 6.10 Å². The highest BCUT2D eigenvalue weighted by molar-refractivity contribution is 7.38. The molecule has 2 nitrogen and oxygen atoms in total. The molecule has 0 aromatic heterocycles. The lowest BCUT2D eigenvalue weighted by Gasteiger charge is -2.16. The molecule has 2 aromatic rings. The van der Waals surface area contributed by atoms with Crippen LogP contribution in [0.3, 0.4) is 0 Å². The van der Waals surface area contributed by atoms with E-state index in [2.05, 4.69) is 18.2 Å². The van der Waals surface area contributed by atoms with E-state index in [0.717, 1.165) is 5.56 Å². The summed E-state index contributed by atoms with van der Waals surface area (Å²) >= 11 is 0. The van der Waals surface area contributed by atoms with E-state index in [1.807, 2.05) is 30.4 Å². The number of hydrogen-bond acceptors (Lipinski definition) is 2. The van der Waals surface area contributed by atoms with Crippen molar-refractivity contribution in [3.63, 3.8) is 0 Å². The zero-order valence-corrected chi connectivity index (χ0v) is 10.4. The van der Waals surface area contributed by atoms with E-state index in [0.29, 0.717) is 0 Å². The summed E-state index contributed by atoms with van der Waals surface area (Å²) in [6.07, 6.45) is 3.81.